The maximum absolute atomic E-state index is 12.2. The zero-order valence-corrected chi connectivity index (χ0v) is 10.7. The number of halogens is 3. The van der Waals surface area contributed by atoms with Gasteiger partial charge in [-0.25, -0.2) is 4.79 Å². The van der Waals surface area contributed by atoms with Crippen LogP contribution in [-0.4, -0.2) is 45.2 Å². The number of rotatable bonds is 3. The van der Waals surface area contributed by atoms with Gasteiger partial charge in [-0.15, -0.1) is 11.8 Å². The van der Waals surface area contributed by atoms with E-state index < -0.39 is 35.9 Å². The first-order valence-corrected chi connectivity index (χ1v) is 6.40. The third-order valence-electron chi connectivity index (χ3n) is 2.53. The van der Waals surface area contributed by atoms with E-state index >= 15 is 0 Å². The van der Waals surface area contributed by atoms with Gasteiger partial charge in [-0.05, 0) is 5.92 Å². The maximum atomic E-state index is 12.2. The highest BCUT2D eigenvalue weighted by atomic mass is 32.2. The Morgan fingerprint density at radius 3 is 2.39 bits per heavy atom. The Morgan fingerprint density at radius 2 is 2.00 bits per heavy atom. The van der Waals surface area contributed by atoms with Gasteiger partial charge in [0, 0.05) is 5.75 Å². The summed E-state index contributed by atoms with van der Waals surface area (Å²) in [4.78, 5) is 23.4. The molecular formula is C10H14F3NO3S. The summed E-state index contributed by atoms with van der Waals surface area (Å²) in [5.74, 6) is -2.40. The molecule has 1 rings (SSSR count). The topological polar surface area (TPSA) is 57.6 Å². The minimum absolute atomic E-state index is 0.100. The highest BCUT2D eigenvalue weighted by Gasteiger charge is 2.45. The number of hydrogen-bond acceptors (Lipinski definition) is 3. The lowest BCUT2D eigenvalue weighted by Crippen LogP contribution is -2.48. The normalized spacial score (nSPS) is 24.7. The SMILES string of the molecule is CC(C)C1SCC(C(=O)O)N1C(=O)CC(F)(F)F. The number of alkyl halides is 3. The average Bonchev–Trinajstić information content (AvgIpc) is 2.58. The Kier molecular flexibility index (Phi) is 4.52. The van der Waals surface area contributed by atoms with Gasteiger partial charge in [0.15, 0.2) is 0 Å². The van der Waals surface area contributed by atoms with E-state index in [1.807, 2.05) is 0 Å². The van der Waals surface area contributed by atoms with E-state index in [2.05, 4.69) is 0 Å². The Labute approximate surface area is 107 Å². The highest BCUT2D eigenvalue weighted by molar-refractivity contribution is 8.00. The third kappa shape index (κ3) is 3.54. The van der Waals surface area contributed by atoms with Gasteiger partial charge in [-0.3, -0.25) is 4.79 Å². The predicted molar refractivity (Wildman–Crippen MR) is 60.0 cm³/mol. The minimum atomic E-state index is -4.62. The van der Waals surface area contributed by atoms with Gasteiger partial charge >= 0.3 is 12.1 Å². The lowest BCUT2D eigenvalue weighted by atomic mass is 10.1. The number of thioether (sulfide) groups is 1. The van der Waals surface area contributed by atoms with Crippen LogP contribution in [0.3, 0.4) is 0 Å². The number of hydrogen-bond donors (Lipinski definition) is 1. The van der Waals surface area contributed by atoms with E-state index in [1.165, 1.54) is 11.8 Å². The van der Waals surface area contributed by atoms with Gasteiger partial charge in [0.2, 0.25) is 5.91 Å². The standard InChI is InChI=1S/C10H14F3NO3S/c1-5(2)8-14(6(4-18-8)9(16)17)7(15)3-10(11,12)13/h5-6,8H,3-4H2,1-2H3,(H,16,17). The van der Waals surface area contributed by atoms with Gasteiger partial charge in [-0.2, -0.15) is 13.2 Å². The molecular weight excluding hydrogens is 271 g/mol. The molecule has 0 aliphatic carbocycles. The van der Waals surface area contributed by atoms with Gasteiger partial charge in [-0.1, -0.05) is 13.8 Å². The van der Waals surface area contributed by atoms with Crippen LogP contribution in [-0.2, 0) is 9.59 Å². The summed E-state index contributed by atoms with van der Waals surface area (Å²) in [6.45, 7) is 3.49. The molecule has 0 saturated carbocycles. The first-order chi connectivity index (χ1) is 8.13. The number of aliphatic carboxylic acids is 1. The van der Waals surface area contributed by atoms with E-state index in [-0.39, 0.29) is 11.7 Å². The highest BCUT2D eigenvalue weighted by Crippen LogP contribution is 2.35. The Balaban J connectivity index is 2.89. The van der Waals surface area contributed by atoms with Crippen molar-refractivity contribution in [2.45, 2.75) is 37.9 Å². The van der Waals surface area contributed by atoms with E-state index in [0.717, 1.165) is 4.90 Å². The van der Waals surface area contributed by atoms with Crippen LogP contribution in [0.2, 0.25) is 0 Å². The predicted octanol–water partition coefficient (Wildman–Crippen LogP) is 1.95. The first-order valence-electron chi connectivity index (χ1n) is 5.36. The van der Waals surface area contributed by atoms with Crippen molar-refractivity contribution in [3.05, 3.63) is 0 Å². The minimum Gasteiger partial charge on any atom is -0.480 e. The van der Waals surface area contributed by atoms with Crippen molar-refractivity contribution in [3.63, 3.8) is 0 Å². The number of carbonyl (C=O) groups excluding carboxylic acids is 1. The lowest BCUT2D eigenvalue weighted by molar-refractivity contribution is -0.167. The molecule has 1 saturated heterocycles. The average molecular weight is 285 g/mol. The molecule has 1 amide bonds. The van der Waals surface area contributed by atoms with Crippen LogP contribution in [0.15, 0.2) is 0 Å². The van der Waals surface area contributed by atoms with Crippen LogP contribution in [0.25, 0.3) is 0 Å². The second kappa shape index (κ2) is 5.38. The number of amides is 1. The molecule has 1 heterocycles. The molecule has 1 N–H and O–H groups in total. The molecule has 8 heteroatoms. The summed E-state index contributed by atoms with van der Waals surface area (Å²) in [6, 6.07) is -1.17. The van der Waals surface area contributed by atoms with Gasteiger partial charge in [0.25, 0.3) is 0 Å². The fourth-order valence-electron chi connectivity index (χ4n) is 1.81. The van der Waals surface area contributed by atoms with Crippen LogP contribution in [0.5, 0.6) is 0 Å². The third-order valence-corrected chi connectivity index (χ3v) is 4.15. The van der Waals surface area contributed by atoms with Crippen LogP contribution in [0, 0.1) is 5.92 Å². The largest absolute Gasteiger partial charge is 0.480 e. The fraction of sp³-hybridized carbons (Fsp3) is 0.800. The molecule has 2 atom stereocenters. The number of carbonyl (C=O) groups is 2. The monoisotopic (exact) mass is 285 g/mol. The zero-order chi connectivity index (χ0) is 14.1. The fourth-order valence-corrected chi connectivity index (χ4v) is 3.30. The van der Waals surface area contributed by atoms with Crippen LogP contribution in [0.4, 0.5) is 13.2 Å². The van der Waals surface area contributed by atoms with E-state index in [4.69, 9.17) is 5.11 Å². The second-order valence-electron chi connectivity index (χ2n) is 4.41. The second-order valence-corrected chi connectivity index (χ2v) is 5.56. The van der Waals surface area contributed by atoms with Crippen LogP contribution in [0.1, 0.15) is 20.3 Å². The van der Waals surface area contributed by atoms with E-state index in [9.17, 15) is 22.8 Å². The smallest absolute Gasteiger partial charge is 0.397 e. The van der Waals surface area contributed by atoms with Crippen molar-refractivity contribution >= 4 is 23.6 Å². The summed E-state index contributed by atoms with van der Waals surface area (Å²) in [5, 5.41) is 8.43. The summed E-state index contributed by atoms with van der Waals surface area (Å²) < 4.78 is 36.6. The maximum Gasteiger partial charge on any atom is 0.397 e. The van der Waals surface area contributed by atoms with Gasteiger partial charge in [0.05, 0.1) is 5.37 Å². The van der Waals surface area contributed by atoms with Crippen molar-refractivity contribution in [3.8, 4) is 0 Å². The van der Waals surface area contributed by atoms with E-state index in [1.54, 1.807) is 13.8 Å². The lowest BCUT2D eigenvalue weighted by Gasteiger charge is -2.30. The quantitative estimate of drug-likeness (QED) is 0.861. The molecule has 0 spiro atoms. The Hall–Kier alpha value is -0.920. The van der Waals surface area contributed by atoms with E-state index in [0.29, 0.717) is 0 Å². The molecule has 0 aromatic carbocycles. The molecule has 4 nitrogen and oxygen atoms in total. The Morgan fingerprint density at radius 1 is 1.44 bits per heavy atom. The van der Waals surface area contributed by atoms with Gasteiger partial charge < -0.3 is 10.0 Å². The number of carboxylic acids is 1. The number of nitrogens with zero attached hydrogens (tertiary/aromatic N) is 1. The number of carboxylic acid groups (broad SMARTS) is 1. The molecule has 18 heavy (non-hydrogen) atoms. The summed E-state index contributed by atoms with van der Waals surface area (Å²) in [7, 11) is 0. The van der Waals surface area contributed by atoms with Crippen molar-refractivity contribution in [2.24, 2.45) is 5.92 Å². The van der Waals surface area contributed by atoms with Crippen LogP contribution < -0.4 is 0 Å². The summed E-state index contributed by atoms with van der Waals surface area (Å²) in [5.41, 5.74) is 0. The molecule has 104 valence electrons. The molecule has 1 aliphatic heterocycles. The molecule has 1 fully saturated rings. The first kappa shape index (κ1) is 15.1. The van der Waals surface area contributed by atoms with Crippen molar-refractivity contribution in [2.75, 3.05) is 5.75 Å². The van der Waals surface area contributed by atoms with Crippen LogP contribution >= 0.6 is 11.8 Å². The molecule has 0 aromatic heterocycles. The van der Waals surface area contributed by atoms with Crippen molar-refractivity contribution < 1.29 is 27.9 Å². The van der Waals surface area contributed by atoms with Crippen molar-refractivity contribution in [1.29, 1.82) is 0 Å². The summed E-state index contributed by atoms with van der Waals surface area (Å²) in [6.07, 6.45) is -6.23. The van der Waals surface area contributed by atoms with Gasteiger partial charge in [0.1, 0.15) is 12.5 Å². The van der Waals surface area contributed by atoms with Crippen molar-refractivity contribution in [1.82, 2.24) is 4.90 Å². The molecule has 0 aromatic rings. The molecule has 0 radical (unpaired) electrons. The molecule has 0 bridgehead atoms. The summed E-state index contributed by atoms with van der Waals surface area (Å²) >= 11 is 1.21. The molecule has 2 unspecified atom stereocenters. The zero-order valence-electron chi connectivity index (χ0n) is 9.90. The Bertz CT molecular complexity index is 346. The molecule has 1 aliphatic rings.